The minimum atomic E-state index is 0.460. The molecule has 0 fully saturated rings. The van der Waals surface area contributed by atoms with Crippen LogP contribution in [0.4, 0.5) is 0 Å². The Bertz CT molecular complexity index is 494. The van der Waals surface area contributed by atoms with Gasteiger partial charge in [0.2, 0.25) is 0 Å². The van der Waals surface area contributed by atoms with Gasteiger partial charge in [0.15, 0.2) is 0 Å². The largest absolute Gasteiger partial charge is 0.0735 e. The van der Waals surface area contributed by atoms with Gasteiger partial charge in [-0.15, -0.1) is 0 Å². The zero-order chi connectivity index (χ0) is 12.8. The van der Waals surface area contributed by atoms with Crippen molar-refractivity contribution in [3.05, 3.63) is 77.9 Å². The Kier molecular flexibility index (Phi) is 4.35. The summed E-state index contributed by atoms with van der Waals surface area (Å²) in [7, 11) is 0. The average molecular weight is 236 g/mol. The standard InChI is InChI=1S/C18H20/c1-3-16(18-12-8-5-9-13-18)14-15(2)17-10-6-4-7-11-17/h4-15H,3H2,1-2H3. The summed E-state index contributed by atoms with van der Waals surface area (Å²) in [4.78, 5) is 0. The highest BCUT2D eigenvalue weighted by atomic mass is 14.1. The molecule has 0 bridgehead atoms. The van der Waals surface area contributed by atoms with Crippen LogP contribution in [-0.2, 0) is 0 Å². The van der Waals surface area contributed by atoms with Gasteiger partial charge in [-0.3, -0.25) is 0 Å². The lowest BCUT2D eigenvalue weighted by Gasteiger charge is -2.11. The Labute approximate surface area is 110 Å². The molecule has 0 spiro atoms. The monoisotopic (exact) mass is 236 g/mol. The van der Waals surface area contributed by atoms with E-state index in [-0.39, 0.29) is 0 Å². The van der Waals surface area contributed by atoms with Gasteiger partial charge in [0.1, 0.15) is 0 Å². The van der Waals surface area contributed by atoms with E-state index < -0.39 is 0 Å². The molecule has 0 heterocycles. The number of hydrogen-bond acceptors (Lipinski definition) is 0. The normalized spacial score (nSPS) is 13.3. The SMILES string of the molecule is CCC(=CC(C)c1ccccc1)c1ccccc1. The van der Waals surface area contributed by atoms with E-state index in [9.17, 15) is 0 Å². The second-order valence-electron chi connectivity index (χ2n) is 4.61. The van der Waals surface area contributed by atoms with E-state index in [0.29, 0.717) is 5.92 Å². The number of hydrogen-bond donors (Lipinski definition) is 0. The molecule has 0 radical (unpaired) electrons. The minimum Gasteiger partial charge on any atom is -0.0735 e. The summed E-state index contributed by atoms with van der Waals surface area (Å²) in [6.07, 6.45) is 3.45. The average Bonchev–Trinajstić information content (AvgIpc) is 2.46. The molecule has 0 aliphatic carbocycles. The van der Waals surface area contributed by atoms with Crippen molar-refractivity contribution in [3.63, 3.8) is 0 Å². The van der Waals surface area contributed by atoms with Crippen LogP contribution in [0.25, 0.3) is 5.57 Å². The Morgan fingerprint density at radius 1 is 0.944 bits per heavy atom. The van der Waals surface area contributed by atoms with E-state index in [1.54, 1.807) is 0 Å². The first kappa shape index (κ1) is 12.6. The molecule has 0 aliphatic rings. The summed E-state index contributed by atoms with van der Waals surface area (Å²) in [5.74, 6) is 0.460. The van der Waals surface area contributed by atoms with Gasteiger partial charge < -0.3 is 0 Å². The summed E-state index contributed by atoms with van der Waals surface area (Å²) >= 11 is 0. The van der Waals surface area contributed by atoms with Gasteiger partial charge in [-0.05, 0) is 29.0 Å². The van der Waals surface area contributed by atoms with Gasteiger partial charge in [-0.2, -0.15) is 0 Å². The van der Waals surface area contributed by atoms with Gasteiger partial charge in [0, 0.05) is 0 Å². The molecule has 0 amide bonds. The van der Waals surface area contributed by atoms with E-state index in [0.717, 1.165) is 6.42 Å². The van der Waals surface area contributed by atoms with Crippen molar-refractivity contribution in [2.45, 2.75) is 26.2 Å². The maximum Gasteiger partial charge on any atom is -0.000441 e. The van der Waals surface area contributed by atoms with E-state index >= 15 is 0 Å². The van der Waals surface area contributed by atoms with Crippen LogP contribution in [0, 0.1) is 0 Å². The lowest BCUT2D eigenvalue weighted by atomic mass is 9.94. The topological polar surface area (TPSA) is 0 Å². The van der Waals surface area contributed by atoms with Crippen LogP contribution in [0.5, 0.6) is 0 Å². The molecule has 2 aromatic carbocycles. The molecule has 0 saturated heterocycles. The highest BCUT2D eigenvalue weighted by Crippen LogP contribution is 2.24. The second kappa shape index (κ2) is 6.20. The van der Waals surface area contributed by atoms with Gasteiger partial charge in [0.05, 0.1) is 0 Å². The van der Waals surface area contributed by atoms with E-state index in [1.807, 2.05) is 0 Å². The Hall–Kier alpha value is -1.82. The van der Waals surface area contributed by atoms with Crippen LogP contribution in [0.3, 0.4) is 0 Å². The Balaban J connectivity index is 2.25. The fourth-order valence-electron chi connectivity index (χ4n) is 2.23. The Morgan fingerprint density at radius 3 is 2.06 bits per heavy atom. The highest BCUT2D eigenvalue weighted by molar-refractivity contribution is 5.66. The fraction of sp³-hybridized carbons (Fsp3) is 0.222. The molecule has 2 rings (SSSR count). The van der Waals surface area contributed by atoms with E-state index in [4.69, 9.17) is 0 Å². The van der Waals surface area contributed by atoms with Gasteiger partial charge >= 0.3 is 0 Å². The third-order valence-electron chi connectivity index (χ3n) is 3.30. The van der Waals surface area contributed by atoms with Crippen molar-refractivity contribution >= 4 is 5.57 Å². The third kappa shape index (κ3) is 3.10. The highest BCUT2D eigenvalue weighted by Gasteiger charge is 2.04. The van der Waals surface area contributed by atoms with Crippen molar-refractivity contribution in [3.8, 4) is 0 Å². The van der Waals surface area contributed by atoms with Crippen LogP contribution in [0.15, 0.2) is 66.7 Å². The summed E-state index contributed by atoms with van der Waals surface area (Å²) in [5.41, 5.74) is 4.13. The first-order chi connectivity index (χ1) is 8.81. The molecule has 1 atom stereocenters. The van der Waals surface area contributed by atoms with Crippen LogP contribution in [0.1, 0.15) is 37.3 Å². The number of rotatable bonds is 4. The third-order valence-corrected chi connectivity index (χ3v) is 3.30. The smallest absolute Gasteiger partial charge is 0.000441 e. The first-order valence-electron chi connectivity index (χ1n) is 6.62. The lowest BCUT2D eigenvalue weighted by molar-refractivity contribution is 0.962. The van der Waals surface area contributed by atoms with Crippen molar-refractivity contribution < 1.29 is 0 Å². The summed E-state index contributed by atoms with van der Waals surface area (Å²) in [5, 5.41) is 0. The van der Waals surface area contributed by atoms with Crippen LogP contribution in [-0.4, -0.2) is 0 Å². The summed E-state index contributed by atoms with van der Waals surface area (Å²) in [6, 6.07) is 21.3. The predicted molar refractivity (Wildman–Crippen MR) is 79.6 cm³/mol. The molecule has 1 unspecified atom stereocenters. The molecule has 0 saturated carbocycles. The maximum atomic E-state index is 2.38. The predicted octanol–water partition coefficient (Wildman–Crippen LogP) is 5.28. The fourth-order valence-corrected chi connectivity index (χ4v) is 2.23. The van der Waals surface area contributed by atoms with Crippen LogP contribution in [0.2, 0.25) is 0 Å². The summed E-state index contributed by atoms with van der Waals surface area (Å²) in [6.45, 7) is 4.48. The quantitative estimate of drug-likeness (QED) is 0.677. The summed E-state index contributed by atoms with van der Waals surface area (Å²) < 4.78 is 0. The van der Waals surface area contributed by atoms with Crippen molar-refractivity contribution in [2.24, 2.45) is 0 Å². The lowest BCUT2D eigenvalue weighted by Crippen LogP contribution is -1.91. The molecule has 0 heteroatoms. The zero-order valence-corrected chi connectivity index (χ0v) is 11.1. The van der Waals surface area contributed by atoms with Crippen molar-refractivity contribution in [1.29, 1.82) is 0 Å². The maximum absolute atomic E-state index is 2.38. The molecule has 92 valence electrons. The molecule has 18 heavy (non-hydrogen) atoms. The molecular formula is C18H20. The minimum absolute atomic E-state index is 0.460. The number of benzene rings is 2. The molecular weight excluding hydrogens is 216 g/mol. The van der Waals surface area contributed by atoms with Crippen molar-refractivity contribution in [2.75, 3.05) is 0 Å². The van der Waals surface area contributed by atoms with Gasteiger partial charge in [-0.1, -0.05) is 80.6 Å². The van der Waals surface area contributed by atoms with E-state index in [1.165, 1.54) is 16.7 Å². The Morgan fingerprint density at radius 2 is 1.50 bits per heavy atom. The second-order valence-corrected chi connectivity index (χ2v) is 4.61. The first-order valence-corrected chi connectivity index (χ1v) is 6.62. The van der Waals surface area contributed by atoms with Crippen LogP contribution >= 0.6 is 0 Å². The number of allylic oxidation sites excluding steroid dienone is 2. The molecule has 2 aromatic rings. The molecule has 0 nitrogen and oxygen atoms in total. The van der Waals surface area contributed by atoms with Gasteiger partial charge in [0.25, 0.3) is 0 Å². The molecule has 0 N–H and O–H groups in total. The molecule has 0 aliphatic heterocycles. The van der Waals surface area contributed by atoms with Crippen molar-refractivity contribution in [1.82, 2.24) is 0 Å². The van der Waals surface area contributed by atoms with Crippen LogP contribution < -0.4 is 0 Å². The van der Waals surface area contributed by atoms with E-state index in [2.05, 4.69) is 80.6 Å². The molecule has 0 aromatic heterocycles. The zero-order valence-electron chi connectivity index (χ0n) is 11.1. The van der Waals surface area contributed by atoms with Gasteiger partial charge in [-0.25, -0.2) is 0 Å².